The number of rotatable bonds is 7. The number of carbonyl (C=O) groups is 1. The van der Waals surface area contributed by atoms with Gasteiger partial charge in [-0.05, 0) is 41.8 Å². The summed E-state index contributed by atoms with van der Waals surface area (Å²) in [6.07, 6.45) is 2.46. The van der Waals surface area contributed by atoms with Crippen molar-refractivity contribution in [3.8, 4) is 0 Å². The van der Waals surface area contributed by atoms with Crippen LogP contribution in [-0.4, -0.2) is 24.5 Å². The largest absolute Gasteiger partial charge is 0.369 e. The van der Waals surface area contributed by atoms with Gasteiger partial charge in [0, 0.05) is 25.2 Å². The van der Waals surface area contributed by atoms with Gasteiger partial charge < -0.3 is 10.2 Å². The summed E-state index contributed by atoms with van der Waals surface area (Å²) in [7, 11) is 2.01. The second-order valence-electron chi connectivity index (χ2n) is 6.38. The number of halogens is 1. The number of hydrogen-bond donors (Lipinski definition) is 1. The standard InChI is InChI=1S/C22H22ClN3O/c1-26(16-18-6-3-2-4-7-18)20-10-11-21(25-15-20)22(27)24-13-12-17-8-5-9-19(23)14-17/h2-11,14-15H,12-13,16H2,1H3,(H,24,27). The Bertz CT molecular complexity index is 882. The lowest BCUT2D eigenvalue weighted by Crippen LogP contribution is -2.26. The van der Waals surface area contributed by atoms with Crippen LogP contribution in [0.3, 0.4) is 0 Å². The van der Waals surface area contributed by atoms with Crippen LogP contribution in [0.25, 0.3) is 0 Å². The predicted molar refractivity (Wildman–Crippen MR) is 110 cm³/mol. The van der Waals surface area contributed by atoms with E-state index in [1.54, 1.807) is 12.3 Å². The van der Waals surface area contributed by atoms with Crippen molar-refractivity contribution in [1.29, 1.82) is 0 Å². The molecule has 0 fully saturated rings. The van der Waals surface area contributed by atoms with Gasteiger partial charge in [-0.25, -0.2) is 4.98 Å². The first kappa shape index (κ1) is 18.9. The molecule has 0 unspecified atom stereocenters. The number of nitrogens with one attached hydrogen (secondary N) is 1. The zero-order valence-electron chi connectivity index (χ0n) is 15.2. The van der Waals surface area contributed by atoms with E-state index in [1.165, 1.54) is 5.56 Å². The molecule has 1 heterocycles. The minimum atomic E-state index is -0.172. The highest BCUT2D eigenvalue weighted by Gasteiger charge is 2.08. The van der Waals surface area contributed by atoms with E-state index in [0.717, 1.165) is 24.2 Å². The molecule has 5 heteroatoms. The van der Waals surface area contributed by atoms with Gasteiger partial charge in [-0.15, -0.1) is 0 Å². The summed E-state index contributed by atoms with van der Waals surface area (Å²) in [5.41, 5.74) is 3.70. The van der Waals surface area contributed by atoms with E-state index in [-0.39, 0.29) is 5.91 Å². The van der Waals surface area contributed by atoms with Crippen LogP contribution in [0.5, 0.6) is 0 Å². The lowest BCUT2D eigenvalue weighted by Gasteiger charge is -2.19. The Kier molecular flexibility index (Phi) is 6.44. The van der Waals surface area contributed by atoms with Crippen LogP contribution in [0.1, 0.15) is 21.6 Å². The van der Waals surface area contributed by atoms with Gasteiger partial charge in [0.2, 0.25) is 0 Å². The van der Waals surface area contributed by atoms with Crippen molar-refractivity contribution in [2.24, 2.45) is 0 Å². The van der Waals surface area contributed by atoms with Crippen molar-refractivity contribution < 1.29 is 4.79 Å². The maximum Gasteiger partial charge on any atom is 0.269 e. The summed E-state index contributed by atoms with van der Waals surface area (Å²) < 4.78 is 0. The lowest BCUT2D eigenvalue weighted by atomic mass is 10.1. The summed E-state index contributed by atoms with van der Waals surface area (Å²) in [5.74, 6) is -0.172. The third kappa shape index (κ3) is 5.56. The molecule has 3 aromatic rings. The second kappa shape index (κ2) is 9.19. The van der Waals surface area contributed by atoms with E-state index in [9.17, 15) is 4.79 Å². The summed E-state index contributed by atoms with van der Waals surface area (Å²) in [6, 6.07) is 21.6. The summed E-state index contributed by atoms with van der Waals surface area (Å²) in [6.45, 7) is 1.32. The van der Waals surface area contributed by atoms with Crippen molar-refractivity contribution in [2.75, 3.05) is 18.5 Å². The Hall–Kier alpha value is -2.85. The molecule has 3 rings (SSSR count). The molecule has 1 aromatic heterocycles. The van der Waals surface area contributed by atoms with Gasteiger partial charge in [0.1, 0.15) is 5.69 Å². The molecule has 2 aromatic carbocycles. The molecule has 0 aliphatic carbocycles. The second-order valence-corrected chi connectivity index (χ2v) is 6.82. The number of hydrogen-bond acceptors (Lipinski definition) is 3. The number of amides is 1. The quantitative estimate of drug-likeness (QED) is 0.664. The Morgan fingerprint density at radius 1 is 1.04 bits per heavy atom. The van der Waals surface area contributed by atoms with E-state index in [1.807, 2.05) is 55.6 Å². The number of carbonyl (C=O) groups excluding carboxylic acids is 1. The molecule has 0 radical (unpaired) electrons. The Balaban J connectivity index is 1.52. The number of benzene rings is 2. The van der Waals surface area contributed by atoms with Crippen molar-refractivity contribution in [1.82, 2.24) is 10.3 Å². The van der Waals surface area contributed by atoms with Crippen LogP contribution in [0.2, 0.25) is 5.02 Å². The fourth-order valence-corrected chi connectivity index (χ4v) is 3.01. The number of aromatic nitrogens is 1. The van der Waals surface area contributed by atoms with E-state index >= 15 is 0 Å². The van der Waals surface area contributed by atoms with Crippen molar-refractivity contribution in [3.05, 3.63) is 94.8 Å². The SMILES string of the molecule is CN(Cc1ccccc1)c1ccc(C(=O)NCCc2cccc(Cl)c2)nc1. The van der Waals surface area contributed by atoms with Gasteiger partial charge in [0.15, 0.2) is 0 Å². The van der Waals surface area contributed by atoms with Crippen LogP contribution in [0, 0.1) is 0 Å². The molecule has 0 aliphatic heterocycles. The molecular formula is C22H22ClN3O. The maximum absolute atomic E-state index is 12.3. The lowest BCUT2D eigenvalue weighted by molar-refractivity contribution is 0.0949. The average molecular weight is 380 g/mol. The highest BCUT2D eigenvalue weighted by molar-refractivity contribution is 6.30. The summed E-state index contributed by atoms with van der Waals surface area (Å²) >= 11 is 5.97. The molecular weight excluding hydrogens is 358 g/mol. The summed E-state index contributed by atoms with van der Waals surface area (Å²) in [5, 5.41) is 3.60. The first-order valence-corrected chi connectivity index (χ1v) is 9.23. The first-order chi connectivity index (χ1) is 13.1. The van der Waals surface area contributed by atoms with Gasteiger partial charge in [0.05, 0.1) is 11.9 Å². The van der Waals surface area contributed by atoms with E-state index in [2.05, 4.69) is 27.3 Å². The normalized spacial score (nSPS) is 10.4. The molecule has 1 amide bonds. The van der Waals surface area contributed by atoms with E-state index in [0.29, 0.717) is 17.3 Å². The molecule has 0 atom stereocenters. The topological polar surface area (TPSA) is 45.2 Å². The molecule has 1 N–H and O–H groups in total. The highest BCUT2D eigenvalue weighted by atomic mass is 35.5. The maximum atomic E-state index is 12.3. The first-order valence-electron chi connectivity index (χ1n) is 8.85. The third-order valence-corrected chi connectivity index (χ3v) is 4.51. The Morgan fingerprint density at radius 3 is 2.52 bits per heavy atom. The van der Waals surface area contributed by atoms with E-state index < -0.39 is 0 Å². The van der Waals surface area contributed by atoms with Gasteiger partial charge in [-0.2, -0.15) is 0 Å². The molecule has 27 heavy (non-hydrogen) atoms. The van der Waals surface area contributed by atoms with Crippen molar-refractivity contribution in [3.63, 3.8) is 0 Å². The van der Waals surface area contributed by atoms with Crippen molar-refractivity contribution >= 4 is 23.2 Å². The zero-order valence-corrected chi connectivity index (χ0v) is 16.0. The number of anilines is 1. The monoisotopic (exact) mass is 379 g/mol. The van der Waals surface area contributed by atoms with Gasteiger partial charge >= 0.3 is 0 Å². The number of nitrogens with zero attached hydrogens (tertiary/aromatic N) is 2. The third-order valence-electron chi connectivity index (χ3n) is 4.27. The van der Waals surface area contributed by atoms with Gasteiger partial charge in [0.25, 0.3) is 5.91 Å². The van der Waals surface area contributed by atoms with Crippen LogP contribution in [0.15, 0.2) is 72.9 Å². The van der Waals surface area contributed by atoms with Crippen LogP contribution < -0.4 is 10.2 Å². The molecule has 0 bridgehead atoms. The average Bonchev–Trinajstić information content (AvgIpc) is 2.69. The van der Waals surface area contributed by atoms with Gasteiger partial charge in [-0.3, -0.25) is 4.79 Å². The minimum Gasteiger partial charge on any atom is -0.369 e. The molecule has 138 valence electrons. The van der Waals surface area contributed by atoms with Crippen LogP contribution in [-0.2, 0) is 13.0 Å². The smallest absolute Gasteiger partial charge is 0.269 e. The highest BCUT2D eigenvalue weighted by Crippen LogP contribution is 2.15. The summed E-state index contributed by atoms with van der Waals surface area (Å²) in [4.78, 5) is 18.7. The fraction of sp³-hybridized carbons (Fsp3) is 0.182. The number of pyridine rings is 1. The fourth-order valence-electron chi connectivity index (χ4n) is 2.80. The van der Waals surface area contributed by atoms with Crippen LogP contribution >= 0.6 is 11.6 Å². The molecule has 0 spiro atoms. The van der Waals surface area contributed by atoms with Crippen molar-refractivity contribution in [2.45, 2.75) is 13.0 Å². The van der Waals surface area contributed by atoms with Gasteiger partial charge in [-0.1, -0.05) is 54.1 Å². The predicted octanol–water partition coefficient (Wildman–Crippen LogP) is 4.34. The molecule has 0 aliphatic rings. The van der Waals surface area contributed by atoms with E-state index in [4.69, 9.17) is 11.6 Å². The zero-order chi connectivity index (χ0) is 19.1. The van der Waals surface area contributed by atoms with Crippen LogP contribution in [0.4, 0.5) is 5.69 Å². The molecule has 0 saturated heterocycles. The Morgan fingerprint density at radius 2 is 1.81 bits per heavy atom. The molecule has 4 nitrogen and oxygen atoms in total. The molecule has 0 saturated carbocycles. The minimum absolute atomic E-state index is 0.172. The Labute approximate surface area is 164 Å².